The number of phenolic OH excluding ortho intramolecular Hbond substituents is 1. The summed E-state index contributed by atoms with van der Waals surface area (Å²) in [5.41, 5.74) is 1.97. The standard InChI is InChI=1S/C40H28ClF2N3O6/c1-40-26(37(49)46(39(40)51)22-11-14-28(42)27(41)17-22)18-25-23(34(40)20-8-15-31(47)29(43)16-20)12-13-24-33(25)38(50)45(36(24)48)21-9-6-19(7-10-21)35-44-30-4-2-3-5-32(30)52-35/h2-12,14-17,24-26,33-34,47H,13,18H2,1H3. The Kier molecular flexibility index (Phi) is 7.08. The minimum atomic E-state index is -1.46. The van der Waals surface area contributed by atoms with E-state index >= 15 is 0 Å². The highest BCUT2D eigenvalue weighted by Gasteiger charge is 2.67. The number of fused-ring (bicyclic) bond motifs is 5. The number of carbonyl (C=O) groups is 4. The first-order valence-electron chi connectivity index (χ1n) is 16.8. The van der Waals surface area contributed by atoms with Gasteiger partial charge in [-0.05, 0) is 98.0 Å². The summed E-state index contributed by atoms with van der Waals surface area (Å²) in [6.45, 7) is 1.65. The molecule has 1 aromatic heterocycles. The molecule has 9 rings (SSSR count). The molecule has 4 amide bonds. The van der Waals surface area contributed by atoms with Crippen molar-refractivity contribution >= 4 is 57.7 Å². The van der Waals surface area contributed by atoms with Gasteiger partial charge >= 0.3 is 0 Å². The number of aromatic hydroxyl groups is 1. The number of phenols is 1. The molecular formula is C40H28ClF2N3O6. The van der Waals surface area contributed by atoms with Crippen molar-refractivity contribution in [3.63, 3.8) is 0 Å². The van der Waals surface area contributed by atoms with Gasteiger partial charge in [0.15, 0.2) is 17.1 Å². The molecule has 1 saturated carbocycles. The molecule has 6 atom stereocenters. The van der Waals surface area contributed by atoms with Crippen molar-refractivity contribution in [2.75, 3.05) is 9.80 Å². The summed E-state index contributed by atoms with van der Waals surface area (Å²) >= 11 is 6.06. The van der Waals surface area contributed by atoms with Crippen LogP contribution < -0.4 is 9.80 Å². The van der Waals surface area contributed by atoms with Gasteiger partial charge in [-0.15, -0.1) is 0 Å². The summed E-state index contributed by atoms with van der Waals surface area (Å²) in [6.07, 6.45) is 2.11. The predicted octanol–water partition coefficient (Wildman–Crippen LogP) is 7.57. The molecule has 2 aliphatic heterocycles. The second-order valence-electron chi connectivity index (χ2n) is 14.0. The second kappa shape index (κ2) is 11.4. The molecule has 2 aliphatic carbocycles. The van der Waals surface area contributed by atoms with Crippen molar-refractivity contribution in [3.8, 4) is 17.2 Å². The number of para-hydroxylation sites is 2. The van der Waals surface area contributed by atoms with Gasteiger partial charge in [0.25, 0.3) is 0 Å². The van der Waals surface area contributed by atoms with Crippen molar-refractivity contribution in [3.05, 3.63) is 119 Å². The van der Waals surface area contributed by atoms with Crippen molar-refractivity contribution in [1.82, 2.24) is 4.98 Å². The number of benzene rings is 4. The van der Waals surface area contributed by atoms with Crippen molar-refractivity contribution in [2.45, 2.75) is 25.7 Å². The maximum atomic E-state index is 15.0. The highest BCUT2D eigenvalue weighted by atomic mass is 35.5. The molecule has 1 N–H and O–H groups in total. The van der Waals surface area contributed by atoms with Crippen molar-refractivity contribution in [1.29, 1.82) is 0 Å². The Morgan fingerprint density at radius 2 is 1.60 bits per heavy atom. The molecule has 5 aromatic rings. The highest BCUT2D eigenvalue weighted by Crippen LogP contribution is 2.64. The van der Waals surface area contributed by atoms with Gasteiger partial charge in [0.2, 0.25) is 29.5 Å². The molecule has 4 aromatic carbocycles. The van der Waals surface area contributed by atoms with E-state index < -0.39 is 70.1 Å². The minimum absolute atomic E-state index is 0.0695. The van der Waals surface area contributed by atoms with Crippen LogP contribution in [0.25, 0.3) is 22.6 Å². The monoisotopic (exact) mass is 719 g/mol. The lowest BCUT2D eigenvalue weighted by atomic mass is 9.51. The van der Waals surface area contributed by atoms with E-state index in [1.807, 2.05) is 30.3 Å². The van der Waals surface area contributed by atoms with Crippen LogP contribution in [-0.4, -0.2) is 33.7 Å². The van der Waals surface area contributed by atoms with Crippen LogP contribution in [-0.2, 0) is 19.2 Å². The fraction of sp³-hybridized carbons (Fsp3) is 0.225. The lowest BCUT2D eigenvalue weighted by Gasteiger charge is -2.49. The summed E-state index contributed by atoms with van der Waals surface area (Å²) in [5, 5.41) is 9.77. The molecule has 2 saturated heterocycles. The average molecular weight is 720 g/mol. The summed E-state index contributed by atoms with van der Waals surface area (Å²) < 4.78 is 35.0. The number of hydrogen-bond acceptors (Lipinski definition) is 7. The highest BCUT2D eigenvalue weighted by molar-refractivity contribution is 6.32. The van der Waals surface area contributed by atoms with Gasteiger partial charge in [0.1, 0.15) is 11.3 Å². The Hall–Kier alpha value is -5.68. The van der Waals surface area contributed by atoms with Gasteiger partial charge < -0.3 is 9.52 Å². The van der Waals surface area contributed by atoms with E-state index in [1.165, 1.54) is 29.2 Å². The lowest BCUT2D eigenvalue weighted by molar-refractivity contribution is -0.131. The zero-order valence-electron chi connectivity index (χ0n) is 27.4. The number of rotatable bonds is 4. The Labute approximate surface area is 300 Å². The maximum absolute atomic E-state index is 15.0. The number of hydrogen-bond donors (Lipinski definition) is 1. The number of oxazole rings is 1. The third-order valence-electron chi connectivity index (χ3n) is 11.4. The lowest BCUT2D eigenvalue weighted by Crippen LogP contribution is -2.48. The fourth-order valence-corrected chi connectivity index (χ4v) is 9.15. The third kappa shape index (κ3) is 4.48. The number of amides is 4. The summed E-state index contributed by atoms with van der Waals surface area (Å²) in [5.74, 6) is -7.88. The minimum Gasteiger partial charge on any atom is -0.505 e. The van der Waals surface area contributed by atoms with Crippen LogP contribution in [0.5, 0.6) is 5.75 Å². The number of allylic oxidation sites excluding steroid dienone is 2. The van der Waals surface area contributed by atoms with Crippen LogP contribution in [0.15, 0.2) is 101 Å². The molecule has 52 heavy (non-hydrogen) atoms. The van der Waals surface area contributed by atoms with Crippen molar-refractivity contribution < 1.29 is 37.5 Å². The predicted molar refractivity (Wildman–Crippen MR) is 186 cm³/mol. The van der Waals surface area contributed by atoms with E-state index in [2.05, 4.69) is 4.98 Å². The van der Waals surface area contributed by atoms with Gasteiger partial charge in [0.05, 0.1) is 39.6 Å². The molecule has 260 valence electrons. The first-order valence-corrected chi connectivity index (χ1v) is 17.2. The first kappa shape index (κ1) is 32.2. The number of imide groups is 2. The van der Waals surface area contributed by atoms with E-state index in [4.69, 9.17) is 16.0 Å². The van der Waals surface area contributed by atoms with Gasteiger partial charge in [0, 0.05) is 11.5 Å². The molecule has 0 bridgehead atoms. The zero-order valence-corrected chi connectivity index (χ0v) is 28.2. The Morgan fingerprint density at radius 1 is 0.846 bits per heavy atom. The third-order valence-corrected chi connectivity index (χ3v) is 11.7. The normalized spacial score (nSPS) is 26.8. The molecule has 4 aliphatic rings. The SMILES string of the molecule is CC12C(=O)N(c3ccc(F)c(Cl)c3)C(=O)C1CC1C(=CCC3C(=O)N(c4ccc(-c5nc6ccccc6o5)cc4)C(=O)C31)C2c1ccc(O)c(F)c1. The van der Waals surface area contributed by atoms with E-state index in [1.54, 1.807) is 31.2 Å². The van der Waals surface area contributed by atoms with Crippen LogP contribution in [0.2, 0.25) is 5.02 Å². The van der Waals surface area contributed by atoms with Crippen LogP contribution >= 0.6 is 11.6 Å². The van der Waals surface area contributed by atoms with E-state index in [9.17, 15) is 33.1 Å². The summed E-state index contributed by atoms with van der Waals surface area (Å²) in [7, 11) is 0. The zero-order chi connectivity index (χ0) is 36.2. The van der Waals surface area contributed by atoms with Crippen LogP contribution in [0.3, 0.4) is 0 Å². The summed E-state index contributed by atoms with van der Waals surface area (Å²) in [6, 6.07) is 21.5. The van der Waals surface area contributed by atoms with Gasteiger partial charge in [-0.3, -0.25) is 24.1 Å². The number of anilines is 2. The van der Waals surface area contributed by atoms with Gasteiger partial charge in [-0.25, -0.2) is 18.7 Å². The van der Waals surface area contributed by atoms with Gasteiger partial charge in [-0.1, -0.05) is 41.4 Å². The van der Waals surface area contributed by atoms with Gasteiger partial charge in [-0.2, -0.15) is 0 Å². The van der Waals surface area contributed by atoms with E-state index in [0.29, 0.717) is 39.4 Å². The molecule has 3 heterocycles. The van der Waals surface area contributed by atoms with Crippen molar-refractivity contribution in [2.24, 2.45) is 29.1 Å². The number of aromatic nitrogens is 1. The number of carbonyl (C=O) groups excluding carboxylic acids is 4. The smallest absolute Gasteiger partial charge is 0.241 e. The largest absolute Gasteiger partial charge is 0.505 e. The molecule has 12 heteroatoms. The molecule has 0 radical (unpaired) electrons. The topological polar surface area (TPSA) is 121 Å². The quantitative estimate of drug-likeness (QED) is 0.150. The van der Waals surface area contributed by atoms with Crippen LogP contribution in [0, 0.1) is 40.7 Å². The fourth-order valence-electron chi connectivity index (χ4n) is 8.97. The molecule has 9 nitrogen and oxygen atoms in total. The Balaban J connectivity index is 1.10. The molecule has 0 spiro atoms. The molecule has 3 fully saturated rings. The van der Waals surface area contributed by atoms with Crippen LogP contribution in [0.4, 0.5) is 20.2 Å². The van der Waals surface area contributed by atoms with Crippen LogP contribution in [0.1, 0.15) is 31.2 Å². The first-order chi connectivity index (χ1) is 25.0. The molecule has 6 unspecified atom stereocenters. The summed E-state index contributed by atoms with van der Waals surface area (Å²) in [4.78, 5) is 64.0. The Bertz CT molecular complexity index is 2390. The van der Waals surface area contributed by atoms with E-state index in [0.717, 1.165) is 17.0 Å². The molecular weight excluding hydrogens is 692 g/mol. The second-order valence-corrected chi connectivity index (χ2v) is 14.4. The van der Waals surface area contributed by atoms with E-state index in [-0.39, 0.29) is 29.5 Å². The number of nitrogens with zero attached hydrogens (tertiary/aromatic N) is 3. The maximum Gasteiger partial charge on any atom is 0.241 e. The number of halogens is 3. The Morgan fingerprint density at radius 3 is 2.33 bits per heavy atom. The average Bonchev–Trinajstić information content (AvgIpc) is 3.74.